The molecule has 8 nitrogen and oxygen atoms in total. The lowest BCUT2D eigenvalue weighted by atomic mass is 10.1. The molecular weight excluding hydrogens is 366 g/mol. The van der Waals surface area contributed by atoms with Crippen molar-refractivity contribution in [1.29, 1.82) is 0 Å². The normalized spacial score (nSPS) is 25.1. The van der Waals surface area contributed by atoms with Crippen LogP contribution in [0, 0.1) is 11.6 Å². The summed E-state index contributed by atoms with van der Waals surface area (Å²) < 4.78 is 33.7. The van der Waals surface area contributed by atoms with E-state index in [2.05, 4.69) is 0 Å². The topological polar surface area (TPSA) is 114 Å². The molecule has 1 unspecified atom stereocenters. The zero-order valence-corrected chi connectivity index (χ0v) is 14.0. The Morgan fingerprint density at radius 1 is 1.11 bits per heavy atom. The highest BCUT2D eigenvalue weighted by Crippen LogP contribution is 2.27. The molecule has 0 bridgehead atoms. The van der Waals surface area contributed by atoms with E-state index in [1.807, 2.05) is 0 Å². The van der Waals surface area contributed by atoms with Crippen LogP contribution in [0.2, 0.25) is 0 Å². The number of hydrogen-bond acceptors (Lipinski definition) is 6. The summed E-state index contributed by atoms with van der Waals surface area (Å²) in [6.45, 7) is -0.747. The second-order valence-electron chi connectivity index (χ2n) is 6.21. The molecule has 1 aliphatic heterocycles. The van der Waals surface area contributed by atoms with E-state index in [9.17, 15) is 28.6 Å². The van der Waals surface area contributed by atoms with Gasteiger partial charge in [0.1, 0.15) is 29.9 Å². The SMILES string of the molecule is O=c1ccn([C@@H]2O[C@H](CO)[C@H](O)C2O)c(=O)n1CCc1ccc(F)cc1F. The second-order valence-corrected chi connectivity index (χ2v) is 6.21. The van der Waals surface area contributed by atoms with Gasteiger partial charge in [-0.1, -0.05) is 6.07 Å². The van der Waals surface area contributed by atoms with Crippen LogP contribution in [0.5, 0.6) is 0 Å². The molecule has 1 aromatic carbocycles. The molecule has 1 aliphatic rings. The number of hydrogen-bond donors (Lipinski definition) is 3. The zero-order chi connectivity index (χ0) is 19.7. The summed E-state index contributed by atoms with van der Waals surface area (Å²) in [5.74, 6) is -1.53. The van der Waals surface area contributed by atoms with Gasteiger partial charge in [-0.2, -0.15) is 0 Å². The van der Waals surface area contributed by atoms with Crippen molar-refractivity contribution in [3.8, 4) is 0 Å². The smallest absolute Gasteiger partial charge is 0.333 e. The molecule has 27 heavy (non-hydrogen) atoms. The highest BCUT2D eigenvalue weighted by atomic mass is 19.1. The maximum absolute atomic E-state index is 13.7. The van der Waals surface area contributed by atoms with Crippen molar-refractivity contribution < 1.29 is 28.8 Å². The van der Waals surface area contributed by atoms with Gasteiger partial charge in [0.25, 0.3) is 5.56 Å². The van der Waals surface area contributed by atoms with Crippen molar-refractivity contribution >= 4 is 0 Å². The summed E-state index contributed by atoms with van der Waals surface area (Å²) in [7, 11) is 0. The van der Waals surface area contributed by atoms with Gasteiger partial charge in [-0.15, -0.1) is 0 Å². The minimum Gasteiger partial charge on any atom is -0.394 e. The van der Waals surface area contributed by atoms with Crippen molar-refractivity contribution in [2.75, 3.05) is 6.61 Å². The van der Waals surface area contributed by atoms with Crippen LogP contribution >= 0.6 is 0 Å². The molecule has 4 atom stereocenters. The number of rotatable bonds is 5. The molecule has 0 saturated carbocycles. The third kappa shape index (κ3) is 3.69. The van der Waals surface area contributed by atoms with Gasteiger partial charge in [0.2, 0.25) is 0 Å². The van der Waals surface area contributed by atoms with Gasteiger partial charge in [-0.3, -0.25) is 13.9 Å². The van der Waals surface area contributed by atoms with E-state index in [4.69, 9.17) is 9.84 Å². The van der Waals surface area contributed by atoms with Gasteiger partial charge in [0.15, 0.2) is 6.23 Å². The summed E-state index contributed by atoms with van der Waals surface area (Å²) in [6.07, 6.45) is -4.19. The molecule has 3 N–H and O–H groups in total. The molecule has 146 valence electrons. The molecule has 3 rings (SSSR count). The quantitative estimate of drug-likeness (QED) is 0.618. The summed E-state index contributed by atoms with van der Waals surface area (Å²) in [4.78, 5) is 24.7. The Morgan fingerprint density at radius 3 is 2.48 bits per heavy atom. The Morgan fingerprint density at radius 2 is 1.85 bits per heavy atom. The average molecular weight is 384 g/mol. The number of ether oxygens (including phenoxy) is 1. The standard InChI is InChI=1S/C17H18F2N2O6/c18-10-2-1-9(11(19)7-10)3-5-20-13(23)4-6-21(17(20)26)16-15(25)14(24)12(8-22)27-16/h1-2,4,6-7,12,14-16,22,24-25H,3,5,8H2/t12-,14+,15?,16-/m1/s1. The maximum Gasteiger partial charge on any atom is 0.333 e. The predicted octanol–water partition coefficient (Wildman–Crippen LogP) is -0.858. The molecule has 1 fully saturated rings. The molecule has 0 amide bonds. The van der Waals surface area contributed by atoms with Crippen molar-refractivity contribution in [1.82, 2.24) is 9.13 Å². The number of aryl methyl sites for hydroxylation is 1. The summed E-state index contributed by atoms with van der Waals surface area (Å²) in [6, 6.07) is 4.07. The van der Waals surface area contributed by atoms with Crippen LogP contribution in [0.1, 0.15) is 11.8 Å². The van der Waals surface area contributed by atoms with Gasteiger partial charge < -0.3 is 20.1 Å². The van der Waals surface area contributed by atoms with Crippen LogP contribution in [-0.2, 0) is 17.7 Å². The van der Waals surface area contributed by atoms with Gasteiger partial charge in [-0.25, -0.2) is 13.6 Å². The van der Waals surface area contributed by atoms with Crippen LogP contribution in [0.15, 0.2) is 40.1 Å². The van der Waals surface area contributed by atoms with Crippen molar-refractivity contribution in [3.63, 3.8) is 0 Å². The van der Waals surface area contributed by atoms with Crippen LogP contribution in [0.3, 0.4) is 0 Å². The number of aromatic nitrogens is 2. The van der Waals surface area contributed by atoms with Crippen LogP contribution < -0.4 is 11.2 Å². The van der Waals surface area contributed by atoms with E-state index in [1.165, 1.54) is 6.07 Å². The first kappa shape index (κ1) is 19.4. The van der Waals surface area contributed by atoms with Gasteiger partial charge in [-0.05, 0) is 18.1 Å². The van der Waals surface area contributed by atoms with Crippen molar-refractivity contribution in [2.24, 2.45) is 0 Å². The highest BCUT2D eigenvalue weighted by Gasteiger charge is 2.43. The zero-order valence-electron chi connectivity index (χ0n) is 14.0. The third-order valence-electron chi connectivity index (χ3n) is 4.51. The van der Waals surface area contributed by atoms with E-state index in [0.29, 0.717) is 6.07 Å². The first-order chi connectivity index (χ1) is 12.8. The van der Waals surface area contributed by atoms with E-state index in [1.54, 1.807) is 0 Å². The summed E-state index contributed by atoms with van der Waals surface area (Å²) >= 11 is 0. The molecule has 0 spiro atoms. The predicted molar refractivity (Wildman–Crippen MR) is 88.0 cm³/mol. The average Bonchev–Trinajstić information content (AvgIpc) is 2.91. The Labute approximate surface area is 151 Å². The Kier molecular flexibility index (Phi) is 5.51. The summed E-state index contributed by atoms with van der Waals surface area (Å²) in [5.41, 5.74) is -1.35. The minimum atomic E-state index is -1.49. The number of aliphatic hydroxyl groups is 3. The Hall–Kier alpha value is -2.40. The first-order valence-electron chi connectivity index (χ1n) is 8.22. The molecule has 2 heterocycles. The Balaban J connectivity index is 1.88. The Bertz CT molecular complexity index is 944. The van der Waals surface area contributed by atoms with Crippen LogP contribution in [0.4, 0.5) is 8.78 Å². The lowest BCUT2D eigenvalue weighted by molar-refractivity contribution is -0.0556. The molecule has 0 radical (unpaired) electrons. The molecule has 1 aromatic heterocycles. The minimum absolute atomic E-state index is 0.0404. The van der Waals surface area contributed by atoms with E-state index >= 15 is 0 Å². The van der Waals surface area contributed by atoms with Crippen LogP contribution in [-0.4, -0.2) is 49.4 Å². The number of benzene rings is 1. The fourth-order valence-corrected chi connectivity index (χ4v) is 3.00. The van der Waals surface area contributed by atoms with Crippen molar-refractivity contribution in [2.45, 2.75) is 37.5 Å². The van der Waals surface area contributed by atoms with E-state index < -0.39 is 54.0 Å². The lowest BCUT2D eigenvalue weighted by Crippen LogP contribution is -2.43. The molecule has 0 aliphatic carbocycles. The number of halogens is 2. The maximum atomic E-state index is 13.7. The molecular formula is C17H18F2N2O6. The fourth-order valence-electron chi connectivity index (χ4n) is 3.00. The van der Waals surface area contributed by atoms with Gasteiger partial charge in [0, 0.05) is 24.9 Å². The van der Waals surface area contributed by atoms with E-state index in [0.717, 1.165) is 27.5 Å². The number of nitrogens with zero attached hydrogens (tertiary/aromatic N) is 2. The molecule has 1 saturated heterocycles. The van der Waals surface area contributed by atoms with Crippen molar-refractivity contribution in [3.05, 3.63) is 68.5 Å². The highest BCUT2D eigenvalue weighted by molar-refractivity contribution is 5.18. The fraction of sp³-hybridized carbons (Fsp3) is 0.412. The summed E-state index contributed by atoms with van der Waals surface area (Å²) in [5, 5.41) is 29.0. The van der Waals surface area contributed by atoms with E-state index in [-0.39, 0.29) is 18.5 Å². The third-order valence-corrected chi connectivity index (χ3v) is 4.51. The largest absolute Gasteiger partial charge is 0.394 e. The van der Waals surface area contributed by atoms with Gasteiger partial charge in [0.05, 0.1) is 6.61 Å². The lowest BCUT2D eigenvalue weighted by Gasteiger charge is -2.18. The van der Waals surface area contributed by atoms with Gasteiger partial charge >= 0.3 is 5.69 Å². The van der Waals surface area contributed by atoms with Crippen LogP contribution in [0.25, 0.3) is 0 Å². The first-order valence-corrected chi connectivity index (χ1v) is 8.22. The number of aliphatic hydroxyl groups excluding tert-OH is 3. The monoisotopic (exact) mass is 384 g/mol. The molecule has 10 heteroatoms. The molecule has 2 aromatic rings. The second kappa shape index (κ2) is 7.69.